The first kappa shape index (κ1) is 9.83. The van der Waals surface area contributed by atoms with Crippen LogP contribution in [0.3, 0.4) is 0 Å². The maximum atomic E-state index is 9.26. The Hall–Kier alpha value is -1.26. The average molecular weight is 183 g/mol. The summed E-state index contributed by atoms with van der Waals surface area (Å²) in [6, 6.07) is 3.27. The molecule has 0 spiro atoms. The molecule has 0 bridgehead atoms. The van der Waals surface area contributed by atoms with Gasteiger partial charge in [-0.05, 0) is 24.1 Å². The Labute approximate surface area is 76.7 Å². The second-order valence-corrected chi connectivity index (χ2v) is 2.81. The molecule has 0 unspecified atom stereocenters. The van der Waals surface area contributed by atoms with Gasteiger partial charge < -0.3 is 15.1 Å². The summed E-state index contributed by atoms with van der Waals surface area (Å²) in [4.78, 5) is 4.66. The Bertz CT molecular complexity index is 276. The van der Waals surface area contributed by atoms with Crippen LogP contribution in [0.15, 0.2) is 12.1 Å². The molecule has 72 valence electrons. The second kappa shape index (κ2) is 4.11. The summed E-state index contributed by atoms with van der Waals surface area (Å²) in [5, 5.41) is 18.5. The van der Waals surface area contributed by atoms with Gasteiger partial charge in [-0.25, -0.2) is 0 Å². The summed E-state index contributed by atoms with van der Waals surface area (Å²) < 4.78 is 0. The molecule has 1 aromatic rings. The number of hydroxylamine groups is 1. The van der Waals surface area contributed by atoms with Crippen molar-refractivity contribution in [1.29, 1.82) is 0 Å². The highest BCUT2D eigenvalue weighted by Gasteiger charge is 2.04. The summed E-state index contributed by atoms with van der Waals surface area (Å²) in [5.74, 6) is -0.172. The van der Waals surface area contributed by atoms with Crippen LogP contribution in [0, 0.1) is 6.92 Å². The number of phenolic OH excluding ortho intramolecular Hbond substituents is 2. The lowest BCUT2D eigenvalue weighted by Crippen LogP contribution is -2.10. The van der Waals surface area contributed by atoms with Gasteiger partial charge in [0.15, 0.2) is 11.5 Å². The standard InChI is InChI=1S/C9H13NO3/c1-6-3-7(5-10-13-2)4-8(11)9(6)12/h3-4,10-12H,5H2,1-2H3. The van der Waals surface area contributed by atoms with E-state index in [-0.39, 0.29) is 11.5 Å². The van der Waals surface area contributed by atoms with E-state index in [1.165, 1.54) is 13.2 Å². The average Bonchev–Trinajstić information content (AvgIpc) is 2.10. The number of hydrogen-bond donors (Lipinski definition) is 3. The molecule has 0 aliphatic rings. The molecule has 0 saturated carbocycles. The molecular weight excluding hydrogens is 170 g/mol. The van der Waals surface area contributed by atoms with Crippen LogP contribution in [-0.4, -0.2) is 17.3 Å². The number of benzene rings is 1. The first-order chi connectivity index (χ1) is 6.15. The SMILES string of the molecule is CONCc1cc(C)c(O)c(O)c1. The van der Waals surface area contributed by atoms with Crippen molar-refractivity contribution in [3.05, 3.63) is 23.3 Å². The van der Waals surface area contributed by atoms with E-state index in [0.717, 1.165) is 5.56 Å². The Balaban J connectivity index is 2.86. The predicted molar refractivity (Wildman–Crippen MR) is 48.4 cm³/mol. The van der Waals surface area contributed by atoms with E-state index in [1.54, 1.807) is 13.0 Å². The van der Waals surface area contributed by atoms with Gasteiger partial charge in [0.05, 0.1) is 7.11 Å². The van der Waals surface area contributed by atoms with E-state index < -0.39 is 0 Å². The van der Waals surface area contributed by atoms with E-state index in [2.05, 4.69) is 10.3 Å². The van der Waals surface area contributed by atoms with Crippen molar-refractivity contribution in [2.24, 2.45) is 0 Å². The maximum absolute atomic E-state index is 9.26. The lowest BCUT2D eigenvalue weighted by molar-refractivity contribution is 0.0866. The van der Waals surface area contributed by atoms with E-state index in [4.69, 9.17) is 0 Å². The molecule has 0 aliphatic heterocycles. The molecule has 0 aromatic heterocycles. The normalized spacial score (nSPS) is 10.3. The van der Waals surface area contributed by atoms with E-state index in [1.807, 2.05) is 0 Å². The summed E-state index contributed by atoms with van der Waals surface area (Å²) in [6.45, 7) is 2.22. The van der Waals surface area contributed by atoms with Crippen molar-refractivity contribution in [1.82, 2.24) is 5.48 Å². The molecule has 3 N–H and O–H groups in total. The zero-order valence-electron chi connectivity index (χ0n) is 7.66. The lowest BCUT2D eigenvalue weighted by Gasteiger charge is -2.06. The van der Waals surface area contributed by atoms with Gasteiger partial charge in [0.25, 0.3) is 0 Å². The fourth-order valence-corrected chi connectivity index (χ4v) is 1.09. The van der Waals surface area contributed by atoms with Gasteiger partial charge >= 0.3 is 0 Å². The van der Waals surface area contributed by atoms with Crippen molar-refractivity contribution in [3.8, 4) is 11.5 Å². The number of aromatic hydroxyl groups is 2. The summed E-state index contributed by atoms with van der Waals surface area (Å²) in [7, 11) is 1.52. The molecule has 4 nitrogen and oxygen atoms in total. The smallest absolute Gasteiger partial charge is 0.160 e. The molecule has 0 radical (unpaired) electrons. The Morgan fingerprint density at radius 1 is 1.38 bits per heavy atom. The van der Waals surface area contributed by atoms with Gasteiger partial charge in [0, 0.05) is 6.54 Å². The van der Waals surface area contributed by atoms with Gasteiger partial charge in [-0.1, -0.05) is 6.07 Å². The molecule has 0 fully saturated rings. The molecule has 0 atom stereocenters. The Morgan fingerprint density at radius 2 is 2.08 bits per heavy atom. The highest BCUT2D eigenvalue weighted by atomic mass is 16.6. The van der Waals surface area contributed by atoms with Crippen molar-refractivity contribution in [3.63, 3.8) is 0 Å². The number of rotatable bonds is 3. The fraction of sp³-hybridized carbons (Fsp3) is 0.333. The van der Waals surface area contributed by atoms with Crippen molar-refractivity contribution < 1.29 is 15.1 Å². The minimum atomic E-state index is -0.104. The van der Waals surface area contributed by atoms with Gasteiger partial charge in [-0.3, -0.25) is 0 Å². The minimum absolute atomic E-state index is 0.0684. The zero-order chi connectivity index (χ0) is 9.84. The van der Waals surface area contributed by atoms with E-state index in [0.29, 0.717) is 12.1 Å². The Kier molecular flexibility index (Phi) is 3.11. The number of aryl methyl sites for hydroxylation is 1. The quantitative estimate of drug-likeness (QED) is 0.484. The second-order valence-electron chi connectivity index (χ2n) is 2.81. The summed E-state index contributed by atoms with van der Waals surface area (Å²) in [5.41, 5.74) is 4.15. The van der Waals surface area contributed by atoms with Crippen molar-refractivity contribution >= 4 is 0 Å². The molecule has 0 saturated heterocycles. The largest absolute Gasteiger partial charge is 0.504 e. The van der Waals surface area contributed by atoms with Crippen LogP contribution in [0.4, 0.5) is 0 Å². The molecule has 13 heavy (non-hydrogen) atoms. The molecular formula is C9H13NO3. The van der Waals surface area contributed by atoms with E-state index in [9.17, 15) is 10.2 Å². The third kappa shape index (κ3) is 2.34. The molecule has 1 rings (SSSR count). The molecule has 1 aromatic carbocycles. The highest BCUT2D eigenvalue weighted by Crippen LogP contribution is 2.29. The third-order valence-corrected chi connectivity index (χ3v) is 1.76. The Morgan fingerprint density at radius 3 is 2.62 bits per heavy atom. The van der Waals surface area contributed by atoms with Crippen LogP contribution in [0.2, 0.25) is 0 Å². The monoisotopic (exact) mass is 183 g/mol. The van der Waals surface area contributed by atoms with Crippen molar-refractivity contribution in [2.75, 3.05) is 7.11 Å². The summed E-state index contributed by atoms with van der Waals surface area (Å²) >= 11 is 0. The minimum Gasteiger partial charge on any atom is -0.504 e. The van der Waals surface area contributed by atoms with Gasteiger partial charge in [-0.2, -0.15) is 5.48 Å². The van der Waals surface area contributed by atoms with Gasteiger partial charge in [0.2, 0.25) is 0 Å². The molecule has 0 heterocycles. The fourth-order valence-electron chi connectivity index (χ4n) is 1.09. The summed E-state index contributed by atoms with van der Waals surface area (Å²) in [6.07, 6.45) is 0. The first-order valence-electron chi connectivity index (χ1n) is 3.92. The van der Waals surface area contributed by atoms with Gasteiger partial charge in [-0.15, -0.1) is 0 Å². The van der Waals surface area contributed by atoms with Crippen LogP contribution in [0.25, 0.3) is 0 Å². The molecule has 0 amide bonds. The number of nitrogens with one attached hydrogen (secondary N) is 1. The highest BCUT2D eigenvalue weighted by molar-refractivity contribution is 5.46. The molecule has 0 aliphatic carbocycles. The van der Waals surface area contributed by atoms with Crippen molar-refractivity contribution in [2.45, 2.75) is 13.5 Å². The first-order valence-corrected chi connectivity index (χ1v) is 3.92. The molecule has 4 heteroatoms. The van der Waals surface area contributed by atoms with E-state index >= 15 is 0 Å². The van der Waals surface area contributed by atoms with Crippen LogP contribution < -0.4 is 5.48 Å². The van der Waals surface area contributed by atoms with Crippen LogP contribution >= 0.6 is 0 Å². The maximum Gasteiger partial charge on any atom is 0.160 e. The lowest BCUT2D eigenvalue weighted by atomic mass is 10.1. The zero-order valence-corrected chi connectivity index (χ0v) is 7.66. The predicted octanol–water partition coefficient (Wildman–Crippen LogP) is 1.06. The van der Waals surface area contributed by atoms with Crippen LogP contribution in [0.5, 0.6) is 11.5 Å². The number of hydrogen-bond acceptors (Lipinski definition) is 4. The van der Waals surface area contributed by atoms with Gasteiger partial charge in [0.1, 0.15) is 0 Å². The third-order valence-electron chi connectivity index (χ3n) is 1.76. The van der Waals surface area contributed by atoms with Crippen LogP contribution in [-0.2, 0) is 11.4 Å². The van der Waals surface area contributed by atoms with Crippen LogP contribution in [0.1, 0.15) is 11.1 Å². The topological polar surface area (TPSA) is 61.7 Å². The number of phenols is 2.